The second-order valence-electron chi connectivity index (χ2n) is 5.48. The Bertz CT molecular complexity index is 1030. The van der Waals surface area contributed by atoms with Crippen molar-refractivity contribution in [3.8, 4) is 11.5 Å². The van der Waals surface area contributed by atoms with Crippen molar-refractivity contribution >= 4 is 32.3 Å². The molecule has 0 saturated carbocycles. The summed E-state index contributed by atoms with van der Waals surface area (Å²) in [7, 11) is 0. The number of aryl methyl sites for hydroxylation is 1. The topological polar surface area (TPSA) is 12.5 Å². The van der Waals surface area contributed by atoms with E-state index in [4.69, 9.17) is 4.74 Å². The van der Waals surface area contributed by atoms with Gasteiger partial charge in [0.25, 0.3) is 0 Å². The van der Waals surface area contributed by atoms with Crippen LogP contribution in [0.25, 0.3) is 32.3 Å². The van der Waals surface area contributed by atoms with Gasteiger partial charge >= 0.3 is 0 Å². The van der Waals surface area contributed by atoms with Crippen LogP contribution in [0.2, 0.25) is 0 Å². The fraction of sp³-hybridized carbons (Fsp3) is 0.0526. The van der Waals surface area contributed by atoms with Gasteiger partial charge in [0.2, 0.25) is 0 Å². The molecule has 1 nitrogen and oxygen atoms in total. The molecule has 1 aliphatic heterocycles. The van der Waals surface area contributed by atoms with Crippen LogP contribution in [-0.4, -0.2) is 0 Å². The molecule has 0 aliphatic carbocycles. The van der Waals surface area contributed by atoms with E-state index in [1.807, 2.05) is 0 Å². The third kappa shape index (κ3) is 1.17. The standard InChI is InChI=1S/C19H12O/c1-11-14-5-3-2-4-12(14)10-13-6-7-16-15(18(11)13)8-9-17-19(16)20-17/h2-10H,1H3. The summed E-state index contributed by atoms with van der Waals surface area (Å²) in [5.74, 6) is 2.08. The summed E-state index contributed by atoms with van der Waals surface area (Å²) in [5, 5.41) is 7.81. The maximum Gasteiger partial charge on any atom is 0.177 e. The highest BCUT2D eigenvalue weighted by atomic mass is 16.6. The van der Waals surface area contributed by atoms with Gasteiger partial charge in [-0.1, -0.05) is 30.3 Å². The van der Waals surface area contributed by atoms with Gasteiger partial charge in [-0.2, -0.15) is 0 Å². The fourth-order valence-electron chi connectivity index (χ4n) is 3.35. The zero-order valence-corrected chi connectivity index (χ0v) is 11.1. The van der Waals surface area contributed by atoms with Crippen LogP contribution in [-0.2, 0) is 0 Å². The van der Waals surface area contributed by atoms with Gasteiger partial charge in [-0.05, 0) is 63.7 Å². The molecule has 1 heterocycles. The van der Waals surface area contributed by atoms with Crippen LogP contribution >= 0.6 is 0 Å². The van der Waals surface area contributed by atoms with E-state index in [9.17, 15) is 0 Å². The molecule has 0 radical (unpaired) electrons. The molecule has 20 heavy (non-hydrogen) atoms. The fourth-order valence-corrected chi connectivity index (χ4v) is 3.35. The smallest absolute Gasteiger partial charge is 0.177 e. The van der Waals surface area contributed by atoms with Crippen molar-refractivity contribution in [2.75, 3.05) is 0 Å². The monoisotopic (exact) mass is 256 g/mol. The average molecular weight is 256 g/mol. The van der Waals surface area contributed by atoms with Crippen LogP contribution in [0.5, 0.6) is 11.5 Å². The summed E-state index contributed by atoms with van der Waals surface area (Å²) < 4.78 is 5.53. The third-order valence-electron chi connectivity index (χ3n) is 4.37. The molecule has 0 fully saturated rings. The lowest BCUT2D eigenvalue weighted by atomic mass is 9.94. The Morgan fingerprint density at radius 3 is 2.55 bits per heavy atom. The van der Waals surface area contributed by atoms with Crippen molar-refractivity contribution in [1.29, 1.82) is 0 Å². The summed E-state index contributed by atoms with van der Waals surface area (Å²) in [6.45, 7) is 2.22. The number of ether oxygens (including phenoxy) is 1. The van der Waals surface area contributed by atoms with Gasteiger partial charge in [-0.25, -0.2) is 0 Å². The van der Waals surface area contributed by atoms with Crippen molar-refractivity contribution in [2.24, 2.45) is 0 Å². The average Bonchev–Trinajstić information content (AvgIpc) is 3.26. The molecule has 4 aromatic carbocycles. The van der Waals surface area contributed by atoms with E-state index < -0.39 is 0 Å². The molecule has 0 unspecified atom stereocenters. The maximum atomic E-state index is 5.53. The van der Waals surface area contributed by atoms with E-state index >= 15 is 0 Å². The molecule has 0 saturated heterocycles. The van der Waals surface area contributed by atoms with Gasteiger partial charge in [0.05, 0.1) is 0 Å². The molecular weight excluding hydrogens is 244 g/mol. The van der Waals surface area contributed by atoms with Crippen molar-refractivity contribution in [2.45, 2.75) is 6.92 Å². The lowest BCUT2D eigenvalue weighted by Crippen LogP contribution is -1.84. The van der Waals surface area contributed by atoms with Gasteiger partial charge in [0.1, 0.15) is 0 Å². The van der Waals surface area contributed by atoms with E-state index in [0.29, 0.717) is 0 Å². The predicted octanol–water partition coefficient (Wildman–Crippen LogP) is 5.56. The predicted molar refractivity (Wildman–Crippen MR) is 83.8 cm³/mol. The van der Waals surface area contributed by atoms with Crippen LogP contribution in [0.1, 0.15) is 5.56 Å². The largest absolute Gasteiger partial charge is 0.449 e. The zero-order valence-electron chi connectivity index (χ0n) is 11.1. The normalized spacial score (nSPS) is 12.7. The van der Waals surface area contributed by atoms with Crippen LogP contribution in [0.4, 0.5) is 0 Å². The second kappa shape index (κ2) is 3.31. The first-order valence-corrected chi connectivity index (χ1v) is 6.88. The van der Waals surface area contributed by atoms with Crippen molar-refractivity contribution < 1.29 is 4.74 Å². The molecule has 5 rings (SSSR count). The molecule has 0 bridgehead atoms. The minimum atomic E-state index is 1.02. The molecule has 4 aromatic rings. The first kappa shape index (κ1) is 10.3. The highest BCUT2D eigenvalue weighted by Crippen LogP contribution is 2.51. The molecule has 1 heteroatoms. The summed E-state index contributed by atoms with van der Waals surface area (Å²) in [5.41, 5.74) is 1.35. The maximum absolute atomic E-state index is 5.53. The highest BCUT2D eigenvalue weighted by Gasteiger charge is 2.23. The van der Waals surface area contributed by atoms with Crippen LogP contribution in [0.15, 0.2) is 54.6 Å². The van der Waals surface area contributed by atoms with E-state index in [-0.39, 0.29) is 0 Å². The molecule has 94 valence electrons. The van der Waals surface area contributed by atoms with E-state index in [1.54, 1.807) is 0 Å². The molecule has 0 amide bonds. The van der Waals surface area contributed by atoms with E-state index in [2.05, 4.69) is 61.5 Å². The van der Waals surface area contributed by atoms with Crippen molar-refractivity contribution in [1.82, 2.24) is 0 Å². The molecule has 0 spiro atoms. The molecule has 1 aliphatic rings. The van der Waals surface area contributed by atoms with Crippen LogP contribution in [0, 0.1) is 6.92 Å². The first-order valence-electron chi connectivity index (χ1n) is 6.88. The minimum Gasteiger partial charge on any atom is -0.449 e. The second-order valence-corrected chi connectivity index (χ2v) is 5.48. The molecule has 0 atom stereocenters. The Morgan fingerprint density at radius 2 is 1.60 bits per heavy atom. The third-order valence-corrected chi connectivity index (χ3v) is 4.37. The first-order chi connectivity index (χ1) is 9.83. The lowest BCUT2D eigenvalue weighted by molar-refractivity contribution is 0.653. The molecular formula is C19H12O. The number of benzene rings is 4. The Hall–Kier alpha value is -2.54. The number of hydrogen-bond acceptors (Lipinski definition) is 1. The summed E-state index contributed by atoms with van der Waals surface area (Å²) in [6, 6.07) is 19.5. The van der Waals surface area contributed by atoms with Crippen molar-refractivity contribution in [3.05, 3.63) is 60.2 Å². The Morgan fingerprint density at radius 1 is 0.750 bits per heavy atom. The number of fused-ring (bicyclic) bond motifs is 6. The van der Waals surface area contributed by atoms with Crippen LogP contribution < -0.4 is 4.74 Å². The van der Waals surface area contributed by atoms with Gasteiger partial charge in [0.15, 0.2) is 11.5 Å². The van der Waals surface area contributed by atoms with Gasteiger partial charge in [-0.3, -0.25) is 0 Å². The summed E-state index contributed by atoms with van der Waals surface area (Å²) in [6.07, 6.45) is 0. The number of rotatable bonds is 0. The summed E-state index contributed by atoms with van der Waals surface area (Å²) >= 11 is 0. The Labute approximate surface area is 116 Å². The Balaban J connectivity index is 2.09. The minimum absolute atomic E-state index is 1.02. The highest BCUT2D eigenvalue weighted by molar-refractivity contribution is 6.16. The quantitative estimate of drug-likeness (QED) is 0.201. The number of hydrogen-bond donors (Lipinski definition) is 0. The van der Waals surface area contributed by atoms with Gasteiger partial charge in [0, 0.05) is 5.39 Å². The summed E-state index contributed by atoms with van der Waals surface area (Å²) in [4.78, 5) is 0. The van der Waals surface area contributed by atoms with Gasteiger partial charge < -0.3 is 4.74 Å². The SMILES string of the molecule is Cc1c2ccccc2cc2ccc3c4c(ccc3c12)O4. The lowest BCUT2D eigenvalue weighted by Gasteiger charge is -2.10. The van der Waals surface area contributed by atoms with Crippen LogP contribution in [0.3, 0.4) is 0 Å². The molecule has 0 aromatic heterocycles. The Kier molecular flexibility index (Phi) is 1.70. The zero-order chi connectivity index (χ0) is 13.3. The van der Waals surface area contributed by atoms with Crippen molar-refractivity contribution in [3.63, 3.8) is 0 Å². The molecule has 0 N–H and O–H groups in total. The van der Waals surface area contributed by atoms with E-state index in [1.165, 1.54) is 37.9 Å². The van der Waals surface area contributed by atoms with E-state index in [0.717, 1.165) is 11.5 Å². The van der Waals surface area contributed by atoms with Gasteiger partial charge in [-0.15, -0.1) is 0 Å².